The quantitative estimate of drug-likeness (QED) is 0.721. The number of hydrogen-bond acceptors (Lipinski definition) is 3. The smallest absolute Gasteiger partial charge is 0.247 e. The second-order valence-corrected chi connectivity index (χ2v) is 7.06. The summed E-state index contributed by atoms with van der Waals surface area (Å²) in [4.78, 5) is 14.6. The van der Waals surface area contributed by atoms with Crippen LogP contribution in [0.4, 0.5) is 0 Å². The maximum atomic E-state index is 12.9. The molecule has 0 saturated carbocycles. The van der Waals surface area contributed by atoms with E-state index in [4.69, 9.17) is 11.6 Å². The molecule has 0 aromatic carbocycles. The molecule has 0 fully saturated rings. The Kier molecular flexibility index (Phi) is 6.09. The Balaban J connectivity index is 2.21. The van der Waals surface area contributed by atoms with Crippen LogP contribution in [0.3, 0.4) is 0 Å². The van der Waals surface area contributed by atoms with Crippen molar-refractivity contribution in [2.45, 2.75) is 53.2 Å². The van der Waals surface area contributed by atoms with Gasteiger partial charge in [-0.25, -0.2) is 0 Å². The lowest BCUT2D eigenvalue weighted by Gasteiger charge is -2.23. The molecule has 6 nitrogen and oxygen atoms in total. The molecule has 1 unspecified atom stereocenters. The highest BCUT2D eigenvalue weighted by atomic mass is 79.9. The molecule has 0 aliphatic heterocycles. The molecule has 1 atom stereocenters. The van der Waals surface area contributed by atoms with E-state index in [2.05, 4.69) is 26.1 Å². The van der Waals surface area contributed by atoms with Crippen LogP contribution in [0.15, 0.2) is 10.7 Å². The van der Waals surface area contributed by atoms with E-state index in [0.717, 1.165) is 28.1 Å². The number of amides is 1. The number of nitrogens with zero attached hydrogens (tertiary/aromatic N) is 5. The number of hydrogen-bond donors (Lipinski definition) is 0. The summed E-state index contributed by atoms with van der Waals surface area (Å²) in [5, 5.41) is 9.53. The molecule has 2 heterocycles. The van der Waals surface area contributed by atoms with Crippen LogP contribution in [-0.4, -0.2) is 37.4 Å². The van der Waals surface area contributed by atoms with Crippen LogP contribution in [0.25, 0.3) is 0 Å². The van der Waals surface area contributed by atoms with Gasteiger partial charge >= 0.3 is 0 Å². The zero-order chi connectivity index (χ0) is 18.0. The lowest BCUT2D eigenvalue weighted by molar-refractivity contribution is -0.134. The lowest BCUT2D eigenvalue weighted by Crippen LogP contribution is -2.35. The molecular formula is C16H23BrClN5O. The summed E-state index contributed by atoms with van der Waals surface area (Å²) in [7, 11) is 1.79. The van der Waals surface area contributed by atoms with Gasteiger partial charge in [0.1, 0.15) is 6.04 Å². The van der Waals surface area contributed by atoms with E-state index < -0.39 is 0 Å². The van der Waals surface area contributed by atoms with E-state index in [1.807, 2.05) is 38.6 Å². The molecule has 0 aliphatic carbocycles. The highest BCUT2D eigenvalue weighted by Gasteiger charge is 2.26. The van der Waals surface area contributed by atoms with E-state index in [0.29, 0.717) is 18.0 Å². The zero-order valence-electron chi connectivity index (χ0n) is 14.7. The van der Waals surface area contributed by atoms with Gasteiger partial charge in [-0.1, -0.05) is 18.5 Å². The van der Waals surface area contributed by atoms with Crippen LogP contribution in [-0.2, 0) is 17.9 Å². The number of likely N-dealkylation sites (N-methyl/N-ethyl adjacent to an activating group) is 1. The van der Waals surface area contributed by atoms with Gasteiger partial charge in [0.25, 0.3) is 0 Å². The normalized spacial score (nSPS) is 12.5. The SMILES string of the molecule is CCC(C(=O)N(C)Cc1nn(CC)cc1Br)n1nc(C)c(Cl)c1C. The van der Waals surface area contributed by atoms with Crippen LogP contribution in [0, 0.1) is 13.8 Å². The molecular weight excluding hydrogens is 394 g/mol. The lowest BCUT2D eigenvalue weighted by atomic mass is 10.2. The van der Waals surface area contributed by atoms with Gasteiger partial charge in [0.2, 0.25) is 5.91 Å². The first kappa shape index (κ1) is 19.0. The summed E-state index contributed by atoms with van der Waals surface area (Å²) in [5.74, 6) is -0.00212. The minimum Gasteiger partial charge on any atom is -0.338 e. The predicted molar refractivity (Wildman–Crippen MR) is 98.1 cm³/mol. The van der Waals surface area contributed by atoms with Gasteiger partial charge in [0.05, 0.1) is 33.1 Å². The number of halogens is 2. The van der Waals surface area contributed by atoms with Crippen molar-refractivity contribution in [2.24, 2.45) is 0 Å². The van der Waals surface area contributed by atoms with Gasteiger partial charge < -0.3 is 4.90 Å². The van der Waals surface area contributed by atoms with Crippen LogP contribution in [0.5, 0.6) is 0 Å². The topological polar surface area (TPSA) is 56.0 Å². The third-order valence-corrected chi connectivity index (χ3v) is 5.29. The summed E-state index contributed by atoms with van der Waals surface area (Å²) in [6.07, 6.45) is 2.57. The average molecular weight is 417 g/mol. The average Bonchev–Trinajstić information content (AvgIpc) is 3.03. The second-order valence-electron chi connectivity index (χ2n) is 5.83. The van der Waals surface area contributed by atoms with Crippen LogP contribution in [0.2, 0.25) is 5.02 Å². The van der Waals surface area contributed by atoms with Crippen molar-refractivity contribution in [3.63, 3.8) is 0 Å². The number of carbonyl (C=O) groups excluding carboxylic acids is 1. The van der Waals surface area contributed by atoms with Gasteiger partial charge in [0, 0.05) is 19.8 Å². The standard InChI is InChI=1S/C16H23BrClN5O/c1-6-14(23-11(4)15(18)10(3)19-23)16(24)21(5)9-13-12(17)8-22(7-2)20-13/h8,14H,6-7,9H2,1-5H3. The van der Waals surface area contributed by atoms with Gasteiger partial charge in [-0.05, 0) is 43.1 Å². The number of aryl methyl sites for hydroxylation is 2. The molecule has 132 valence electrons. The summed E-state index contributed by atoms with van der Waals surface area (Å²) >= 11 is 9.73. The zero-order valence-corrected chi connectivity index (χ0v) is 17.0. The maximum Gasteiger partial charge on any atom is 0.247 e. The van der Waals surface area contributed by atoms with Crippen molar-refractivity contribution in [3.8, 4) is 0 Å². The maximum absolute atomic E-state index is 12.9. The molecule has 1 amide bonds. The fourth-order valence-electron chi connectivity index (χ4n) is 2.66. The van der Waals surface area contributed by atoms with Gasteiger partial charge in [-0.2, -0.15) is 10.2 Å². The first-order valence-corrected chi connectivity index (χ1v) is 9.15. The first-order chi connectivity index (χ1) is 11.3. The van der Waals surface area contributed by atoms with Gasteiger partial charge in [-0.3, -0.25) is 14.2 Å². The Labute approximate surface area is 155 Å². The van der Waals surface area contributed by atoms with Crippen molar-refractivity contribution >= 4 is 33.4 Å². The van der Waals surface area contributed by atoms with E-state index >= 15 is 0 Å². The fraction of sp³-hybridized carbons (Fsp3) is 0.562. The van der Waals surface area contributed by atoms with Crippen LogP contribution < -0.4 is 0 Å². The molecule has 0 aliphatic rings. The Hall–Kier alpha value is -1.34. The third-order valence-electron chi connectivity index (χ3n) is 4.08. The Morgan fingerprint density at radius 3 is 2.50 bits per heavy atom. The predicted octanol–water partition coefficient (Wildman–Crippen LogP) is 3.74. The number of rotatable bonds is 6. The van der Waals surface area contributed by atoms with Crippen LogP contribution in [0.1, 0.15) is 43.4 Å². The second kappa shape index (κ2) is 7.70. The summed E-state index contributed by atoms with van der Waals surface area (Å²) in [6, 6.07) is -0.367. The van der Waals surface area contributed by atoms with Crippen LogP contribution >= 0.6 is 27.5 Å². The first-order valence-electron chi connectivity index (χ1n) is 7.98. The van der Waals surface area contributed by atoms with Crippen molar-refractivity contribution in [3.05, 3.63) is 32.8 Å². The molecule has 0 radical (unpaired) electrons. The molecule has 8 heteroatoms. The highest BCUT2D eigenvalue weighted by molar-refractivity contribution is 9.10. The monoisotopic (exact) mass is 415 g/mol. The summed E-state index contributed by atoms with van der Waals surface area (Å²) < 4.78 is 4.48. The molecule has 0 spiro atoms. The van der Waals surface area contributed by atoms with Gasteiger partial charge in [0.15, 0.2) is 0 Å². The molecule has 0 saturated heterocycles. The molecule has 2 rings (SSSR count). The molecule has 0 N–H and O–H groups in total. The fourth-order valence-corrected chi connectivity index (χ4v) is 3.23. The third kappa shape index (κ3) is 3.67. The highest BCUT2D eigenvalue weighted by Crippen LogP contribution is 2.25. The summed E-state index contributed by atoms with van der Waals surface area (Å²) in [5.41, 5.74) is 2.40. The minimum absolute atomic E-state index is 0.00212. The van der Waals surface area contributed by atoms with E-state index in [-0.39, 0.29) is 11.9 Å². The van der Waals surface area contributed by atoms with Gasteiger partial charge in [-0.15, -0.1) is 0 Å². The van der Waals surface area contributed by atoms with Crippen molar-refractivity contribution in [2.75, 3.05) is 7.05 Å². The largest absolute Gasteiger partial charge is 0.338 e. The van der Waals surface area contributed by atoms with E-state index in [1.54, 1.807) is 16.6 Å². The van der Waals surface area contributed by atoms with E-state index in [1.165, 1.54) is 0 Å². The number of aromatic nitrogens is 4. The van der Waals surface area contributed by atoms with Crippen molar-refractivity contribution < 1.29 is 4.79 Å². The Morgan fingerprint density at radius 1 is 1.38 bits per heavy atom. The van der Waals surface area contributed by atoms with E-state index in [9.17, 15) is 4.79 Å². The molecule has 2 aromatic rings. The number of carbonyl (C=O) groups is 1. The molecule has 0 bridgehead atoms. The Bertz CT molecular complexity index is 739. The van der Waals surface area contributed by atoms with Crippen molar-refractivity contribution in [1.82, 2.24) is 24.5 Å². The molecule has 2 aromatic heterocycles. The summed E-state index contributed by atoms with van der Waals surface area (Å²) in [6.45, 7) is 8.97. The molecule has 24 heavy (non-hydrogen) atoms. The minimum atomic E-state index is -0.367. The van der Waals surface area contributed by atoms with Crippen molar-refractivity contribution in [1.29, 1.82) is 0 Å². The Morgan fingerprint density at radius 2 is 2.04 bits per heavy atom.